The first-order chi connectivity index (χ1) is 9.47. The first-order valence-electron chi connectivity index (χ1n) is 6.20. The van der Waals surface area contributed by atoms with Crippen LogP contribution in [0, 0.1) is 10.1 Å². The first kappa shape index (κ1) is 15.8. The van der Waals surface area contributed by atoms with E-state index in [0.717, 1.165) is 18.7 Å². The summed E-state index contributed by atoms with van der Waals surface area (Å²) in [4.78, 5) is 37.1. The van der Waals surface area contributed by atoms with Gasteiger partial charge in [-0.2, -0.15) is 0 Å². The minimum absolute atomic E-state index is 0.0994. The fourth-order valence-electron chi connectivity index (χ4n) is 1.68. The molecule has 8 nitrogen and oxygen atoms in total. The number of rotatable bonds is 7. The van der Waals surface area contributed by atoms with Crippen LogP contribution in [0.3, 0.4) is 0 Å². The third-order valence-corrected chi connectivity index (χ3v) is 2.83. The molecule has 1 rings (SSSR count). The van der Waals surface area contributed by atoms with E-state index in [1.165, 1.54) is 11.9 Å². The van der Waals surface area contributed by atoms with E-state index in [-0.39, 0.29) is 17.9 Å². The monoisotopic (exact) mass is 283 g/mol. The summed E-state index contributed by atoms with van der Waals surface area (Å²) in [5.74, 6) is -0.557. The van der Waals surface area contributed by atoms with Crippen LogP contribution in [0.1, 0.15) is 29.6 Å². The maximum Gasteiger partial charge on any atom is 0.286 e. The predicted molar refractivity (Wildman–Crippen MR) is 71.6 cm³/mol. The van der Waals surface area contributed by atoms with Crippen LogP contribution in [0.2, 0.25) is 0 Å². The van der Waals surface area contributed by atoms with Crippen molar-refractivity contribution in [2.45, 2.75) is 19.3 Å². The second-order valence-electron chi connectivity index (χ2n) is 4.37. The number of hydrogen-bond acceptors (Lipinski definition) is 5. The molecule has 0 fully saturated rings. The predicted octanol–water partition coefficient (Wildman–Crippen LogP) is 0.518. The van der Waals surface area contributed by atoms with Crippen molar-refractivity contribution in [2.24, 2.45) is 0 Å². The number of aliphatic hydroxyl groups is 1. The summed E-state index contributed by atoms with van der Waals surface area (Å²) >= 11 is 0. The molecule has 0 atom stereocenters. The minimum Gasteiger partial charge on any atom is -0.396 e. The van der Waals surface area contributed by atoms with Crippen LogP contribution >= 0.6 is 0 Å². The zero-order valence-electron chi connectivity index (χ0n) is 11.2. The van der Waals surface area contributed by atoms with E-state index >= 15 is 0 Å². The van der Waals surface area contributed by atoms with Gasteiger partial charge in [-0.1, -0.05) is 0 Å². The van der Waals surface area contributed by atoms with Gasteiger partial charge in [0, 0.05) is 26.3 Å². The lowest BCUT2D eigenvalue weighted by molar-refractivity contribution is -0.385. The fraction of sp³-hybridized carbons (Fsp3) is 0.500. The highest BCUT2D eigenvalue weighted by Crippen LogP contribution is 2.10. The maximum atomic E-state index is 12.0. The van der Waals surface area contributed by atoms with E-state index < -0.39 is 16.4 Å². The van der Waals surface area contributed by atoms with Crippen molar-refractivity contribution >= 4 is 11.6 Å². The molecule has 8 heteroatoms. The summed E-state index contributed by atoms with van der Waals surface area (Å²) in [5, 5.41) is 19.3. The van der Waals surface area contributed by atoms with Gasteiger partial charge in [-0.25, -0.2) is 0 Å². The van der Waals surface area contributed by atoms with Gasteiger partial charge in [0.2, 0.25) is 0 Å². The number of aromatic nitrogens is 1. The number of amides is 1. The average molecular weight is 283 g/mol. The summed E-state index contributed by atoms with van der Waals surface area (Å²) in [5.41, 5.74) is -1.23. The molecule has 0 aliphatic heterocycles. The lowest BCUT2D eigenvalue weighted by atomic mass is 10.2. The summed E-state index contributed by atoms with van der Waals surface area (Å²) in [6.45, 7) is 0.517. The molecule has 0 radical (unpaired) electrons. The van der Waals surface area contributed by atoms with E-state index in [9.17, 15) is 19.7 Å². The zero-order chi connectivity index (χ0) is 15.1. The third kappa shape index (κ3) is 4.16. The SMILES string of the molecule is CN(CCCCCO)C(=O)c1cc([N+](=O)[O-])c[nH]c1=O. The van der Waals surface area contributed by atoms with Crippen LogP contribution in [-0.4, -0.2) is 46.0 Å². The second kappa shape index (κ2) is 7.39. The molecule has 0 aromatic carbocycles. The van der Waals surface area contributed by atoms with E-state index in [2.05, 4.69) is 4.98 Å². The number of aliphatic hydroxyl groups excluding tert-OH is 1. The molecule has 0 saturated heterocycles. The number of aromatic amines is 1. The molecule has 0 saturated carbocycles. The largest absolute Gasteiger partial charge is 0.396 e. The van der Waals surface area contributed by atoms with Crippen molar-refractivity contribution in [3.63, 3.8) is 0 Å². The highest BCUT2D eigenvalue weighted by molar-refractivity contribution is 5.94. The molecule has 0 unspecified atom stereocenters. The van der Waals surface area contributed by atoms with Crippen molar-refractivity contribution < 1.29 is 14.8 Å². The Morgan fingerprint density at radius 2 is 2.15 bits per heavy atom. The molecule has 20 heavy (non-hydrogen) atoms. The average Bonchev–Trinajstić information content (AvgIpc) is 2.42. The summed E-state index contributed by atoms with van der Waals surface area (Å²) < 4.78 is 0. The number of nitrogens with one attached hydrogen (secondary N) is 1. The van der Waals surface area contributed by atoms with Crippen LogP contribution in [0.5, 0.6) is 0 Å². The highest BCUT2D eigenvalue weighted by Gasteiger charge is 2.19. The van der Waals surface area contributed by atoms with Gasteiger partial charge in [-0.3, -0.25) is 19.7 Å². The molecule has 2 N–H and O–H groups in total. The van der Waals surface area contributed by atoms with Crippen molar-refractivity contribution in [3.05, 3.63) is 38.3 Å². The van der Waals surface area contributed by atoms with Crippen LogP contribution in [0.25, 0.3) is 0 Å². The summed E-state index contributed by atoms with van der Waals surface area (Å²) in [6.07, 6.45) is 3.06. The number of carbonyl (C=O) groups excluding carboxylic acids is 1. The number of unbranched alkanes of at least 4 members (excludes halogenated alkanes) is 2. The summed E-state index contributed by atoms with van der Waals surface area (Å²) in [6, 6.07) is 0.978. The Kier molecular flexibility index (Phi) is 5.85. The zero-order valence-corrected chi connectivity index (χ0v) is 11.2. The van der Waals surface area contributed by atoms with Gasteiger partial charge in [0.15, 0.2) is 0 Å². The maximum absolute atomic E-state index is 12.0. The number of nitro groups is 1. The number of carbonyl (C=O) groups is 1. The Morgan fingerprint density at radius 3 is 2.75 bits per heavy atom. The van der Waals surface area contributed by atoms with Gasteiger partial charge in [0.25, 0.3) is 17.2 Å². The van der Waals surface area contributed by atoms with Crippen LogP contribution in [-0.2, 0) is 0 Å². The first-order valence-corrected chi connectivity index (χ1v) is 6.20. The molecule has 1 amide bonds. The van der Waals surface area contributed by atoms with Crippen LogP contribution in [0.15, 0.2) is 17.1 Å². The molecule has 0 aliphatic carbocycles. The molecular weight excluding hydrogens is 266 g/mol. The smallest absolute Gasteiger partial charge is 0.286 e. The van der Waals surface area contributed by atoms with Gasteiger partial charge < -0.3 is 15.0 Å². The van der Waals surface area contributed by atoms with Crippen LogP contribution in [0.4, 0.5) is 5.69 Å². The fourth-order valence-corrected chi connectivity index (χ4v) is 1.68. The number of nitrogens with zero attached hydrogens (tertiary/aromatic N) is 2. The van der Waals surface area contributed by atoms with Crippen molar-refractivity contribution in [3.8, 4) is 0 Å². The molecule has 0 bridgehead atoms. The van der Waals surface area contributed by atoms with Gasteiger partial charge in [-0.05, 0) is 19.3 Å². The second-order valence-corrected chi connectivity index (χ2v) is 4.37. The Hall–Kier alpha value is -2.22. The van der Waals surface area contributed by atoms with E-state index in [1.807, 2.05) is 0 Å². The molecule has 110 valence electrons. The third-order valence-electron chi connectivity index (χ3n) is 2.83. The normalized spacial score (nSPS) is 10.3. The molecular formula is C12H17N3O5. The number of pyridine rings is 1. The van der Waals surface area contributed by atoms with Gasteiger partial charge in [0.05, 0.1) is 11.1 Å². The molecule has 0 aliphatic rings. The Bertz CT molecular complexity index is 540. The number of hydrogen-bond donors (Lipinski definition) is 2. The quantitative estimate of drug-likeness (QED) is 0.430. The van der Waals surface area contributed by atoms with E-state index in [4.69, 9.17) is 5.11 Å². The lowest BCUT2D eigenvalue weighted by Crippen LogP contribution is -2.32. The van der Waals surface area contributed by atoms with Crippen molar-refractivity contribution in [1.82, 2.24) is 9.88 Å². The standard InChI is InChI=1S/C12H17N3O5/c1-14(5-3-2-4-6-16)12(18)10-7-9(15(19)20)8-13-11(10)17/h7-8,16H,2-6H2,1H3,(H,13,17). The van der Waals surface area contributed by atoms with Gasteiger partial charge in [-0.15, -0.1) is 0 Å². The molecule has 1 aromatic rings. The van der Waals surface area contributed by atoms with Crippen molar-refractivity contribution in [1.29, 1.82) is 0 Å². The Morgan fingerprint density at radius 1 is 1.45 bits per heavy atom. The number of H-pyrrole nitrogens is 1. The Balaban J connectivity index is 2.78. The highest BCUT2D eigenvalue weighted by atomic mass is 16.6. The minimum atomic E-state index is -0.673. The van der Waals surface area contributed by atoms with Gasteiger partial charge in [0.1, 0.15) is 5.56 Å². The molecule has 1 heterocycles. The summed E-state index contributed by atoms with van der Waals surface area (Å²) in [7, 11) is 1.53. The molecule has 1 aromatic heterocycles. The Labute approximate surface area is 115 Å². The van der Waals surface area contributed by atoms with Crippen LogP contribution < -0.4 is 5.56 Å². The van der Waals surface area contributed by atoms with Crippen molar-refractivity contribution in [2.75, 3.05) is 20.2 Å². The van der Waals surface area contributed by atoms with E-state index in [1.54, 1.807) is 0 Å². The van der Waals surface area contributed by atoms with E-state index in [0.29, 0.717) is 19.4 Å². The van der Waals surface area contributed by atoms with Gasteiger partial charge >= 0.3 is 0 Å². The topological polar surface area (TPSA) is 117 Å². The lowest BCUT2D eigenvalue weighted by Gasteiger charge is -2.16. The molecule has 0 spiro atoms.